The molecule has 6 heteroatoms. The Morgan fingerprint density at radius 3 is 2.38 bits per heavy atom. The normalized spacial score (nSPS) is 10.1. The van der Waals surface area contributed by atoms with Crippen molar-refractivity contribution in [3.8, 4) is 5.75 Å². The van der Waals surface area contributed by atoms with Gasteiger partial charge in [-0.25, -0.2) is 0 Å². The van der Waals surface area contributed by atoms with Crippen LogP contribution in [0.1, 0.15) is 24.2 Å². The zero-order chi connectivity index (χ0) is 16.0. The van der Waals surface area contributed by atoms with Crippen molar-refractivity contribution >= 4 is 17.5 Å². The SMILES string of the molecule is CCN(CC)C(=O)CN(C)C(=O)c1cccc(N)c1OC. The van der Waals surface area contributed by atoms with Gasteiger partial charge in [-0.1, -0.05) is 6.07 Å². The number of para-hydroxylation sites is 1. The summed E-state index contributed by atoms with van der Waals surface area (Å²) in [7, 11) is 3.05. The average Bonchev–Trinajstić information content (AvgIpc) is 2.47. The fourth-order valence-electron chi connectivity index (χ4n) is 2.11. The molecule has 6 nitrogen and oxygen atoms in total. The number of hydrogen-bond acceptors (Lipinski definition) is 4. The molecular formula is C15H23N3O3. The number of nitrogens with zero attached hydrogens (tertiary/aromatic N) is 2. The first-order chi connectivity index (χ1) is 9.96. The molecule has 0 bridgehead atoms. The summed E-state index contributed by atoms with van der Waals surface area (Å²) in [4.78, 5) is 27.5. The fourth-order valence-corrected chi connectivity index (χ4v) is 2.11. The Morgan fingerprint density at radius 1 is 1.24 bits per heavy atom. The van der Waals surface area contributed by atoms with E-state index in [1.54, 1.807) is 30.1 Å². The van der Waals surface area contributed by atoms with Crippen molar-refractivity contribution in [2.45, 2.75) is 13.8 Å². The largest absolute Gasteiger partial charge is 0.494 e. The zero-order valence-electron chi connectivity index (χ0n) is 13.0. The van der Waals surface area contributed by atoms with E-state index in [2.05, 4.69) is 0 Å². The number of hydrogen-bond donors (Lipinski definition) is 1. The molecule has 1 aromatic rings. The monoisotopic (exact) mass is 293 g/mol. The molecule has 2 amide bonds. The van der Waals surface area contributed by atoms with Gasteiger partial charge in [0.25, 0.3) is 5.91 Å². The number of carbonyl (C=O) groups is 2. The van der Waals surface area contributed by atoms with Crippen LogP contribution in [0.2, 0.25) is 0 Å². The Kier molecular flexibility index (Phi) is 6.02. The van der Waals surface area contributed by atoms with Crippen LogP contribution in [0.15, 0.2) is 18.2 Å². The Hall–Kier alpha value is -2.24. The summed E-state index contributed by atoms with van der Waals surface area (Å²) in [5.41, 5.74) is 6.54. The Labute approximate surface area is 125 Å². The van der Waals surface area contributed by atoms with Crippen LogP contribution in [0.5, 0.6) is 5.75 Å². The minimum atomic E-state index is -0.292. The van der Waals surface area contributed by atoms with E-state index in [0.717, 1.165) is 0 Å². The summed E-state index contributed by atoms with van der Waals surface area (Å²) in [5.74, 6) is -0.0389. The van der Waals surface area contributed by atoms with Gasteiger partial charge in [-0.2, -0.15) is 0 Å². The minimum Gasteiger partial charge on any atom is -0.494 e. The number of nitrogens with two attached hydrogens (primary N) is 1. The first kappa shape index (κ1) is 16.8. The van der Waals surface area contributed by atoms with Crippen molar-refractivity contribution in [1.82, 2.24) is 9.80 Å². The molecule has 0 radical (unpaired) electrons. The van der Waals surface area contributed by atoms with Gasteiger partial charge in [0, 0.05) is 20.1 Å². The molecule has 21 heavy (non-hydrogen) atoms. The molecule has 0 saturated heterocycles. The van der Waals surface area contributed by atoms with Gasteiger partial charge in [-0.3, -0.25) is 9.59 Å². The van der Waals surface area contributed by atoms with E-state index in [1.807, 2.05) is 13.8 Å². The fraction of sp³-hybridized carbons (Fsp3) is 0.467. The molecule has 0 aliphatic rings. The predicted molar refractivity (Wildman–Crippen MR) is 82.3 cm³/mol. The van der Waals surface area contributed by atoms with Crippen LogP contribution in [-0.4, -0.2) is 55.4 Å². The van der Waals surface area contributed by atoms with Crippen LogP contribution in [-0.2, 0) is 4.79 Å². The molecule has 0 heterocycles. The second kappa shape index (κ2) is 7.52. The smallest absolute Gasteiger partial charge is 0.257 e. The lowest BCUT2D eigenvalue weighted by atomic mass is 10.1. The first-order valence-corrected chi connectivity index (χ1v) is 6.91. The van der Waals surface area contributed by atoms with E-state index < -0.39 is 0 Å². The topological polar surface area (TPSA) is 75.9 Å². The third-order valence-electron chi connectivity index (χ3n) is 3.32. The van der Waals surface area contributed by atoms with Crippen molar-refractivity contribution < 1.29 is 14.3 Å². The highest BCUT2D eigenvalue weighted by Crippen LogP contribution is 2.26. The number of rotatable bonds is 6. The summed E-state index contributed by atoms with van der Waals surface area (Å²) >= 11 is 0. The molecule has 0 unspecified atom stereocenters. The average molecular weight is 293 g/mol. The van der Waals surface area contributed by atoms with Gasteiger partial charge in [0.2, 0.25) is 5.91 Å². The van der Waals surface area contributed by atoms with E-state index in [0.29, 0.717) is 30.1 Å². The minimum absolute atomic E-state index is 0.0263. The van der Waals surface area contributed by atoms with E-state index in [9.17, 15) is 9.59 Å². The van der Waals surface area contributed by atoms with Crippen molar-refractivity contribution in [3.05, 3.63) is 23.8 Å². The number of anilines is 1. The summed E-state index contributed by atoms with van der Waals surface area (Å²) in [6.45, 7) is 5.09. The highest BCUT2D eigenvalue weighted by molar-refractivity contribution is 6.00. The number of benzene rings is 1. The molecule has 0 fully saturated rings. The maximum Gasteiger partial charge on any atom is 0.257 e. The number of nitrogen functional groups attached to an aromatic ring is 1. The predicted octanol–water partition coefficient (Wildman–Crippen LogP) is 1.22. The molecule has 0 aliphatic carbocycles. The summed E-state index contributed by atoms with van der Waals surface area (Å²) in [6.07, 6.45) is 0. The quantitative estimate of drug-likeness (QED) is 0.800. The van der Waals surface area contributed by atoms with Crippen LogP contribution in [0.25, 0.3) is 0 Å². The van der Waals surface area contributed by atoms with Crippen LogP contribution in [0.3, 0.4) is 0 Å². The zero-order valence-corrected chi connectivity index (χ0v) is 13.0. The summed E-state index contributed by atoms with van der Waals surface area (Å²) < 4.78 is 5.17. The number of likely N-dealkylation sites (N-methyl/N-ethyl adjacent to an activating group) is 2. The summed E-state index contributed by atoms with van der Waals surface area (Å²) in [6, 6.07) is 4.98. The van der Waals surface area contributed by atoms with Gasteiger partial charge in [-0.15, -0.1) is 0 Å². The maximum atomic E-state index is 12.4. The Balaban J connectivity index is 2.89. The Morgan fingerprint density at radius 2 is 1.86 bits per heavy atom. The standard InChI is InChI=1S/C15H23N3O3/c1-5-18(6-2)13(19)10-17(3)15(20)11-8-7-9-12(16)14(11)21-4/h7-9H,5-6,10,16H2,1-4H3. The summed E-state index contributed by atoms with van der Waals surface area (Å²) in [5, 5.41) is 0. The van der Waals surface area contributed by atoms with E-state index >= 15 is 0 Å². The molecule has 0 saturated carbocycles. The van der Waals surface area contributed by atoms with Gasteiger partial charge in [0.15, 0.2) is 5.75 Å². The highest BCUT2D eigenvalue weighted by atomic mass is 16.5. The molecule has 1 aromatic carbocycles. The first-order valence-electron chi connectivity index (χ1n) is 6.91. The van der Waals surface area contributed by atoms with Gasteiger partial charge >= 0.3 is 0 Å². The Bertz CT molecular complexity index is 513. The molecule has 116 valence electrons. The number of carbonyl (C=O) groups excluding carboxylic acids is 2. The maximum absolute atomic E-state index is 12.4. The van der Waals surface area contributed by atoms with E-state index in [4.69, 9.17) is 10.5 Å². The lowest BCUT2D eigenvalue weighted by molar-refractivity contribution is -0.131. The molecule has 0 atom stereocenters. The molecular weight excluding hydrogens is 270 g/mol. The number of methoxy groups -OCH3 is 1. The van der Waals surface area contributed by atoms with Gasteiger partial charge in [0.1, 0.15) is 0 Å². The van der Waals surface area contributed by atoms with Crippen LogP contribution < -0.4 is 10.5 Å². The molecule has 1 rings (SSSR count). The highest BCUT2D eigenvalue weighted by Gasteiger charge is 2.21. The van der Waals surface area contributed by atoms with Gasteiger partial charge in [-0.05, 0) is 26.0 Å². The van der Waals surface area contributed by atoms with E-state index in [1.165, 1.54) is 12.0 Å². The van der Waals surface area contributed by atoms with E-state index in [-0.39, 0.29) is 18.4 Å². The van der Waals surface area contributed by atoms with Crippen LogP contribution in [0, 0.1) is 0 Å². The lowest BCUT2D eigenvalue weighted by Gasteiger charge is -2.23. The molecule has 0 spiro atoms. The van der Waals surface area contributed by atoms with Crippen molar-refractivity contribution in [2.24, 2.45) is 0 Å². The lowest BCUT2D eigenvalue weighted by Crippen LogP contribution is -2.41. The van der Waals surface area contributed by atoms with Crippen molar-refractivity contribution in [2.75, 3.05) is 39.5 Å². The third-order valence-corrected chi connectivity index (χ3v) is 3.32. The third kappa shape index (κ3) is 3.87. The molecule has 0 aliphatic heterocycles. The van der Waals surface area contributed by atoms with Gasteiger partial charge < -0.3 is 20.3 Å². The van der Waals surface area contributed by atoms with Gasteiger partial charge in [0.05, 0.1) is 24.9 Å². The van der Waals surface area contributed by atoms with Crippen LogP contribution in [0.4, 0.5) is 5.69 Å². The number of ether oxygens (including phenoxy) is 1. The molecule has 0 aromatic heterocycles. The van der Waals surface area contributed by atoms with Crippen LogP contribution >= 0.6 is 0 Å². The van der Waals surface area contributed by atoms with Crippen molar-refractivity contribution in [3.63, 3.8) is 0 Å². The molecule has 2 N–H and O–H groups in total. The second-order valence-electron chi connectivity index (χ2n) is 4.66. The second-order valence-corrected chi connectivity index (χ2v) is 4.66. The number of amides is 2. The van der Waals surface area contributed by atoms with Crippen molar-refractivity contribution in [1.29, 1.82) is 0 Å².